The van der Waals surface area contributed by atoms with Gasteiger partial charge in [0.25, 0.3) is 0 Å². The first-order valence-electron chi connectivity index (χ1n) is 8.48. The highest BCUT2D eigenvalue weighted by Crippen LogP contribution is 2.23. The fourth-order valence-corrected chi connectivity index (χ4v) is 3.83. The standard InChI is InChI=1S/C20H18O7S/c1-3-25-19(21)12-26-14-6-9-16-17(10-14)27-11-18(20(16)22)28(23,24)15-7-4-13(2)5-8-15/h4-11H,3,12H2,1-2H3. The Labute approximate surface area is 161 Å². The fraction of sp³-hybridized carbons (Fsp3) is 0.200. The van der Waals surface area contributed by atoms with E-state index < -0.39 is 26.1 Å². The lowest BCUT2D eigenvalue weighted by Gasteiger charge is -2.08. The van der Waals surface area contributed by atoms with Gasteiger partial charge in [0.15, 0.2) is 11.5 Å². The summed E-state index contributed by atoms with van der Waals surface area (Å²) in [4.78, 5) is 23.7. The molecule has 7 nitrogen and oxygen atoms in total. The second-order valence-corrected chi connectivity index (χ2v) is 7.92. The van der Waals surface area contributed by atoms with Gasteiger partial charge in [0, 0.05) is 6.07 Å². The van der Waals surface area contributed by atoms with Crippen molar-refractivity contribution in [2.75, 3.05) is 13.2 Å². The van der Waals surface area contributed by atoms with E-state index in [-0.39, 0.29) is 34.8 Å². The quantitative estimate of drug-likeness (QED) is 0.585. The van der Waals surface area contributed by atoms with E-state index in [2.05, 4.69) is 0 Å². The minimum atomic E-state index is -4.01. The highest BCUT2D eigenvalue weighted by Gasteiger charge is 2.23. The number of rotatable bonds is 6. The van der Waals surface area contributed by atoms with Crippen LogP contribution in [0.3, 0.4) is 0 Å². The third kappa shape index (κ3) is 3.91. The minimum Gasteiger partial charge on any atom is -0.482 e. The van der Waals surface area contributed by atoms with Crippen LogP contribution in [-0.4, -0.2) is 27.6 Å². The monoisotopic (exact) mass is 402 g/mol. The van der Waals surface area contributed by atoms with Gasteiger partial charge in [0.2, 0.25) is 15.3 Å². The summed E-state index contributed by atoms with van der Waals surface area (Å²) in [5.74, 6) is -0.235. The molecular weight excluding hydrogens is 384 g/mol. The van der Waals surface area contributed by atoms with Crippen LogP contribution in [0.5, 0.6) is 5.75 Å². The van der Waals surface area contributed by atoms with Crippen LogP contribution in [-0.2, 0) is 19.4 Å². The second-order valence-electron chi connectivity index (χ2n) is 6.00. The van der Waals surface area contributed by atoms with Crippen LogP contribution in [0.4, 0.5) is 0 Å². The number of hydrogen-bond donors (Lipinski definition) is 0. The Kier molecular flexibility index (Phi) is 5.51. The van der Waals surface area contributed by atoms with Crippen LogP contribution in [0, 0.1) is 6.92 Å². The molecule has 146 valence electrons. The molecule has 0 N–H and O–H groups in total. The van der Waals surface area contributed by atoms with Crippen LogP contribution < -0.4 is 10.2 Å². The summed E-state index contributed by atoms with van der Waals surface area (Å²) in [5.41, 5.74) is 0.382. The Balaban J connectivity index is 1.96. The molecule has 1 heterocycles. The van der Waals surface area contributed by atoms with Crippen LogP contribution in [0.25, 0.3) is 11.0 Å². The van der Waals surface area contributed by atoms with Gasteiger partial charge < -0.3 is 13.9 Å². The topological polar surface area (TPSA) is 99.9 Å². The Hall–Kier alpha value is -3.13. The van der Waals surface area contributed by atoms with Crippen molar-refractivity contribution in [1.29, 1.82) is 0 Å². The smallest absolute Gasteiger partial charge is 0.344 e. The molecule has 0 saturated heterocycles. The lowest BCUT2D eigenvalue weighted by molar-refractivity contribution is -0.145. The zero-order valence-corrected chi connectivity index (χ0v) is 16.1. The first kappa shape index (κ1) is 19.6. The number of aryl methyl sites for hydroxylation is 1. The largest absolute Gasteiger partial charge is 0.482 e. The molecule has 0 amide bonds. The van der Waals surface area contributed by atoms with Crippen LogP contribution in [0.1, 0.15) is 12.5 Å². The maximum absolute atomic E-state index is 12.8. The van der Waals surface area contributed by atoms with Crippen molar-refractivity contribution in [3.05, 3.63) is 64.5 Å². The van der Waals surface area contributed by atoms with Gasteiger partial charge >= 0.3 is 5.97 Å². The summed E-state index contributed by atoms with van der Waals surface area (Å²) in [6, 6.07) is 10.5. The van der Waals surface area contributed by atoms with E-state index in [0.29, 0.717) is 0 Å². The summed E-state index contributed by atoms with van der Waals surface area (Å²) < 4.78 is 41.0. The van der Waals surface area contributed by atoms with E-state index in [1.54, 1.807) is 19.1 Å². The Morgan fingerprint density at radius 2 is 1.82 bits per heavy atom. The van der Waals surface area contributed by atoms with Gasteiger partial charge in [-0.2, -0.15) is 0 Å². The second kappa shape index (κ2) is 7.85. The molecule has 0 aliphatic heterocycles. The van der Waals surface area contributed by atoms with Gasteiger partial charge in [0.05, 0.1) is 16.9 Å². The van der Waals surface area contributed by atoms with E-state index in [1.807, 2.05) is 6.92 Å². The molecule has 28 heavy (non-hydrogen) atoms. The number of esters is 1. The zero-order valence-electron chi connectivity index (χ0n) is 15.3. The van der Waals surface area contributed by atoms with Crippen molar-refractivity contribution in [3.8, 4) is 5.75 Å². The number of benzene rings is 2. The predicted molar refractivity (Wildman–Crippen MR) is 101 cm³/mol. The first-order chi connectivity index (χ1) is 13.3. The average Bonchev–Trinajstić information content (AvgIpc) is 2.67. The van der Waals surface area contributed by atoms with Crippen LogP contribution in [0.2, 0.25) is 0 Å². The molecule has 0 aliphatic rings. The number of hydrogen-bond acceptors (Lipinski definition) is 7. The van der Waals surface area contributed by atoms with Crippen molar-refractivity contribution in [3.63, 3.8) is 0 Å². The molecule has 0 bridgehead atoms. The van der Waals surface area contributed by atoms with Crippen molar-refractivity contribution >= 4 is 26.8 Å². The number of ether oxygens (including phenoxy) is 2. The molecule has 3 rings (SSSR count). The number of carbonyl (C=O) groups excluding carboxylic acids is 1. The molecule has 3 aromatic rings. The van der Waals surface area contributed by atoms with Gasteiger partial charge in [-0.1, -0.05) is 17.7 Å². The minimum absolute atomic E-state index is 0.0131. The molecule has 0 atom stereocenters. The summed E-state index contributed by atoms with van der Waals surface area (Å²) >= 11 is 0. The molecule has 0 spiro atoms. The van der Waals surface area contributed by atoms with E-state index in [9.17, 15) is 18.0 Å². The third-order valence-corrected chi connectivity index (χ3v) is 5.75. The highest BCUT2D eigenvalue weighted by atomic mass is 32.2. The van der Waals surface area contributed by atoms with E-state index in [1.165, 1.54) is 30.3 Å². The van der Waals surface area contributed by atoms with E-state index >= 15 is 0 Å². The maximum atomic E-state index is 12.8. The van der Waals surface area contributed by atoms with Crippen molar-refractivity contribution in [1.82, 2.24) is 0 Å². The number of fused-ring (bicyclic) bond motifs is 1. The third-order valence-electron chi connectivity index (χ3n) is 4.00. The van der Waals surface area contributed by atoms with E-state index in [4.69, 9.17) is 13.9 Å². The summed E-state index contributed by atoms with van der Waals surface area (Å²) in [7, 11) is -4.01. The lowest BCUT2D eigenvalue weighted by atomic mass is 10.2. The van der Waals surface area contributed by atoms with Crippen molar-refractivity contribution in [2.45, 2.75) is 23.6 Å². The highest BCUT2D eigenvalue weighted by molar-refractivity contribution is 7.91. The molecule has 0 radical (unpaired) electrons. The van der Waals surface area contributed by atoms with Crippen molar-refractivity contribution < 1.29 is 27.1 Å². The Morgan fingerprint density at radius 3 is 2.50 bits per heavy atom. The summed E-state index contributed by atoms with van der Waals surface area (Å²) in [6.45, 7) is 3.48. The molecule has 0 fully saturated rings. The maximum Gasteiger partial charge on any atom is 0.344 e. The van der Waals surface area contributed by atoms with Gasteiger partial charge in [0.1, 0.15) is 17.6 Å². The van der Waals surface area contributed by atoms with Gasteiger partial charge in [-0.25, -0.2) is 13.2 Å². The van der Waals surface area contributed by atoms with Crippen molar-refractivity contribution in [2.24, 2.45) is 0 Å². The molecule has 0 unspecified atom stereocenters. The summed E-state index contributed by atoms with van der Waals surface area (Å²) in [5, 5.41) is 0.0941. The van der Waals surface area contributed by atoms with E-state index in [0.717, 1.165) is 11.8 Å². The van der Waals surface area contributed by atoms with Gasteiger partial charge in [-0.05, 0) is 38.1 Å². The zero-order chi connectivity index (χ0) is 20.3. The lowest BCUT2D eigenvalue weighted by Crippen LogP contribution is -2.16. The predicted octanol–water partition coefficient (Wildman–Crippen LogP) is 2.88. The molecule has 8 heteroatoms. The number of sulfone groups is 1. The van der Waals surface area contributed by atoms with Gasteiger partial charge in [-0.3, -0.25) is 4.79 Å². The molecule has 2 aromatic carbocycles. The normalized spacial score (nSPS) is 11.4. The SMILES string of the molecule is CCOC(=O)COc1ccc2c(=O)c(S(=O)(=O)c3ccc(C)cc3)coc2c1. The average molecular weight is 402 g/mol. The number of carbonyl (C=O) groups is 1. The molecule has 1 aromatic heterocycles. The molecule has 0 saturated carbocycles. The Bertz CT molecular complexity index is 1180. The fourth-order valence-electron chi connectivity index (χ4n) is 2.56. The summed E-state index contributed by atoms with van der Waals surface area (Å²) in [6.07, 6.45) is 0.926. The van der Waals surface area contributed by atoms with Crippen LogP contribution >= 0.6 is 0 Å². The Morgan fingerprint density at radius 1 is 1.11 bits per heavy atom. The molecule has 0 aliphatic carbocycles. The van der Waals surface area contributed by atoms with Gasteiger partial charge in [-0.15, -0.1) is 0 Å². The first-order valence-corrected chi connectivity index (χ1v) is 9.97. The van der Waals surface area contributed by atoms with Crippen LogP contribution in [0.15, 0.2) is 67.7 Å². The molecular formula is C20H18O7S.